The highest BCUT2D eigenvalue weighted by atomic mass is 32.1. The molecule has 4 aromatic rings. The molecule has 27 heavy (non-hydrogen) atoms. The molecule has 2 aromatic carbocycles. The van der Waals surface area contributed by atoms with E-state index in [2.05, 4.69) is 10.6 Å². The molecule has 134 valence electrons. The van der Waals surface area contributed by atoms with Crippen LogP contribution < -0.4 is 5.48 Å². The Bertz CT molecular complexity index is 1010. The monoisotopic (exact) mass is 375 g/mol. The quantitative estimate of drug-likeness (QED) is 0.506. The van der Waals surface area contributed by atoms with Crippen molar-refractivity contribution < 1.29 is 9.63 Å². The van der Waals surface area contributed by atoms with Gasteiger partial charge in [-0.3, -0.25) is 9.63 Å². The topological polar surface area (TPSA) is 56.1 Å². The van der Waals surface area contributed by atoms with Crippen molar-refractivity contribution in [2.75, 3.05) is 0 Å². The number of nitrogens with one attached hydrogen (secondary N) is 1. The number of thiophene rings is 1. The summed E-state index contributed by atoms with van der Waals surface area (Å²) >= 11 is 1.54. The smallest absolute Gasteiger partial charge is 0.269 e. The van der Waals surface area contributed by atoms with Gasteiger partial charge in [0.1, 0.15) is 5.69 Å². The van der Waals surface area contributed by atoms with E-state index < -0.39 is 0 Å². The zero-order valence-electron chi connectivity index (χ0n) is 14.4. The van der Waals surface area contributed by atoms with Gasteiger partial charge in [-0.2, -0.15) is 5.10 Å². The Morgan fingerprint density at radius 3 is 2.44 bits per heavy atom. The molecule has 0 aliphatic rings. The van der Waals surface area contributed by atoms with Crippen LogP contribution in [0, 0.1) is 0 Å². The Morgan fingerprint density at radius 1 is 1.00 bits per heavy atom. The number of amides is 1. The van der Waals surface area contributed by atoms with E-state index in [0.717, 1.165) is 16.1 Å². The van der Waals surface area contributed by atoms with E-state index in [1.54, 1.807) is 22.2 Å². The van der Waals surface area contributed by atoms with Crippen LogP contribution in [0.25, 0.3) is 16.3 Å². The molecule has 0 radical (unpaired) electrons. The summed E-state index contributed by atoms with van der Waals surface area (Å²) in [4.78, 5) is 19.0. The first-order valence-corrected chi connectivity index (χ1v) is 9.34. The Labute approximate surface area is 160 Å². The van der Waals surface area contributed by atoms with Crippen molar-refractivity contribution in [2.24, 2.45) is 0 Å². The molecule has 1 amide bonds. The Morgan fingerprint density at radius 2 is 1.74 bits per heavy atom. The summed E-state index contributed by atoms with van der Waals surface area (Å²) in [6, 6.07) is 23.3. The average molecular weight is 375 g/mol. The number of carbonyl (C=O) groups is 1. The second-order valence-electron chi connectivity index (χ2n) is 5.85. The molecule has 0 aliphatic heterocycles. The number of hydrogen-bond acceptors (Lipinski definition) is 4. The van der Waals surface area contributed by atoms with Crippen LogP contribution in [0.3, 0.4) is 0 Å². The van der Waals surface area contributed by atoms with Crippen LogP contribution >= 0.6 is 11.3 Å². The Hall–Kier alpha value is -3.22. The van der Waals surface area contributed by atoms with Gasteiger partial charge >= 0.3 is 0 Å². The SMILES string of the molecule is O=C(NOCc1ccccc1)c1cn(-c2ccccc2)nc1-c1cccs1. The highest BCUT2D eigenvalue weighted by molar-refractivity contribution is 7.13. The fourth-order valence-electron chi connectivity index (χ4n) is 2.66. The number of aromatic nitrogens is 2. The largest absolute Gasteiger partial charge is 0.278 e. The van der Waals surface area contributed by atoms with Gasteiger partial charge in [0.15, 0.2) is 0 Å². The molecule has 0 aliphatic carbocycles. The second kappa shape index (κ2) is 7.99. The highest BCUT2D eigenvalue weighted by Crippen LogP contribution is 2.27. The summed E-state index contributed by atoms with van der Waals surface area (Å²) in [6.45, 7) is 0.299. The summed E-state index contributed by atoms with van der Waals surface area (Å²) < 4.78 is 1.71. The van der Waals surface area contributed by atoms with E-state index >= 15 is 0 Å². The molecule has 0 atom stereocenters. The summed E-state index contributed by atoms with van der Waals surface area (Å²) in [5.41, 5.74) is 5.50. The zero-order chi connectivity index (χ0) is 18.5. The number of hydroxylamine groups is 1. The van der Waals surface area contributed by atoms with E-state index in [1.807, 2.05) is 78.2 Å². The molecule has 0 saturated heterocycles. The standard InChI is InChI=1S/C21H17N3O2S/c25-21(23-26-15-16-8-3-1-4-9-16)18-14-24(17-10-5-2-6-11-17)22-20(18)19-12-7-13-27-19/h1-14H,15H2,(H,23,25). The highest BCUT2D eigenvalue weighted by Gasteiger charge is 2.19. The predicted molar refractivity (Wildman–Crippen MR) is 106 cm³/mol. The van der Waals surface area contributed by atoms with Gasteiger partial charge in [0, 0.05) is 6.20 Å². The van der Waals surface area contributed by atoms with Crippen LogP contribution in [0.2, 0.25) is 0 Å². The van der Waals surface area contributed by atoms with Gasteiger partial charge < -0.3 is 0 Å². The third kappa shape index (κ3) is 3.97. The fourth-order valence-corrected chi connectivity index (χ4v) is 3.39. The van der Waals surface area contributed by atoms with Gasteiger partial charge in [-0.25, -0.2) is 10.2 Å². The number of hydrogen-bond donors (Lipinski definition) is 1. The van der Waals surface area contributed by atoms with E-state index in [9.17, 15) is 4.79 Å². The lowest BCUT2D eigenvalue weighted by atomic mass is 10.2. The van der Waals surface area contributed by atoms with Crippen molar-refractivity contribution in [1.29, 1.82) is 0 Å². The first kappa shape index (κ1) is 17.2. The van der Waals surface area contributed by atoms with E-state index in [0.29, 0.717) is 17.9 Å². The lowest BCUT2D eigenvalue weighted by Crippen LogP contribution is -2.23. The molecular formula is C21H17N3O2S. The van der Waals surface area contributed by atoms with Crippen molar-refractivity contribution in [1.82, 2.24) is 15.3 Å². The van der Waals surface area contributed by atoms with Crippen LogP contribution in [0.4, 0.5) is 0 Å². The molecule has 1 N–H and O–H groups in total. The molecule has 4 rings (SSSR count). The van der Waals surface area contributed by atoms with Crippen LogP contribution in [0.5, 0.6) is 0 Å². The summed E-state index contributed by atoms with van der Waals surface area (Å²) in [7, 11) is 0. The van der Waals surface area contributed by atoms with Crippen molar-refractivity contribution in [3.8, 4) is 16.3 Å². The minimum atomic E-state index is -0.323. The van der Waals surface area contributed by atoms with Gasteiger partial charge in [0.2, 0.25) is 0 Å². The summed E-state index contributed by atoms with van der Waals surface area (Å²) in [5, 5.41) is 6.58. The van der Waals surface area contributed by atoms with E-state index in [4.69, 9.17) is 4.84 Å². The molecule has 0 spiro atoms. The molecule has 2 heterocycles. The second-order valence-corrected chi connectivity index (χ2v) is 6.80. The molecule has 0 fully saturated rings. The number of nitrogens with zero attached hydrogens (tertiary/aromatic N) is 2. The van der Waals surface area contributed by atoms with E-state index in [1.165, 1.54) is 0 Å². The van der Waals surface area contributed by atoms with Gasteiger partial charge in [0.05, 0.1) is 22.7 Å². The maximum absolute atomic E-state index is 12.7. The van der Waals surface area contributed by atoms with Crippen LogP contribution in [0.1, 0.15) is 15.9 Å². The third-order valence-electron chi connectivity index (χ3n) is 3.98. The average Bonchev–Trinajstić information content (AvgIpc) is 3.39. The predicted octanol–water partition coefficient (Wildman–Crippen LogP) is 4.46. The molecule has 0 unspecified atom stereocenters. The van der Waals surface area contributed by atoms with Crippen LogP contribution in [0.15, 0.2) is 84.4 Å². The Kier molecular flexibility index (Phi) is 5.09. The lowest BCUT2D eigenvalue weighted by Gasteiger charge is -2.05. The molecule has 2 aromatic heterocycles. The number of para-hydroxylation sites is 1. The lowest BCUT2D eigenvalue weighted by molar-refractivity contribution is 0.0234. The number of carbonyl (C=O) groups excluding carboxylic acids is 1. The van der Waals surface area contributed by atoms with Gasteiger partial charge in [-0.15, -0.1) is 11.3 Å². The van der Waals surface area contributed by atoms with Crippen LogP contribution in [-0.4, -0.2) is 15.7 Å². The molecule has 0 bridgehead atoms. The van der Waals surface area contributed by atoms with Crippen molar-refractivity contribution in [3.63, 3.8) is 0 Å². The summed E-state index contributed by atoms with van der Waals surface area (Å²) in [5.74, 6) is -0.323. The van der Waals surface area contributed by atoms with E-state index in [-0.39, 0.29) is 5.91 Å². The minimum Gasteiger partial charge on any atom is -0.269 e. The minimum absolute atomic E-state index is 0.299. The number of benzene rings is 2. The van der Waals surface area contributed by atoms with Crippen molar-refractivity contribution in [2.45, 2.75) is 6.61 Å². The first-order valence-electron chi connectivity index (χ1n) is 8.46. The van der Waals surface area contributed by atoms with Crippen LogP contribution in [-0.2, 0) is 11.4 Å². The molecule has 5 nitrogen and oxygen atoms in total. The maximum atomic E-state index is 12.7. The van der Waals surface area contributed by atoms with Crippen molar-refractivity contribution >= 4 is 17.2 Å². The Balaban J connectivity index is 1.57. The third-order valence-corrected chi connectivity index (χ3v) is 4.86. The van der Waals surface area contributed by atoms with Gasteiger partial charge in [0.25, 0.3) is 5.91 Å². The fraction of sp³-hybridized carbons (Fsp3) is 0.0476. The first-order chi connectivity index (χ1) is 13.3. The maximum Gasteiger partial charge on any atom is 0.278 e. The van der Waals surface area contributed by atoms with Gasteiger partial charge in [-0.1, -0.05) is 54.6 Å². The van der Waals surface area contributed by atoms with Gasteiger partial charge in [-0.05, 0) is 29.1 Å². The molecule has 6 heteroatoms. The molecular weight excluding hydrogens is 358 g/mol. The van der Waals surface area contributed by atoms with Crippen molar-refractivity contribution in [3.05, 3.63) is 95.5 Å². The normalized spacial score (nSPS) is 10.7. The molecule has 0 saturated carbocycles. The zero-order valence-corrected chi connectivity index (χ0v) is 15.2. The number of rotatable bonds is 6. The summed E-state index contributed by atoms with van der Waals surface area (Å²) in [6.07, 6.45) is 1.73.